The highest BCUT2D eigenvalue weighted by Gasteiger charge is 2.31. The van der Waals surface area contributed by atoms with Crippen LogP contribution in [0.3, 0.4) is 0 Å². The van der Waals surface area contributed by atoms with E-state index in [4.69, 9.17) is 9.47 Å². The van der Waals surface area contributed by atoms with E-state index < -0.39 is 6.10 Å². The summed E-state index contributed by atoms with van der Waals surface area (Å²) in [5.74, 6) is 0.332. The molecule has 2 aromatic carbocycles. The molecule has 0 spiro atoms. The number of para-hydroxylation sites is 3. The first-order valence-corrected chi connectivity index (χ1v) is 8.49. The number of aromatic nitrogens is 1. The maximum atomic E-state index is 11.9. The molecule has 1 aliphatic heterocycles. The molecule has 0 aliphatic carbocycles. The number of carbonyl (C=O) groups is 1. The van der Waals surface area contributed by atoms with Crippen LogP contribution in [0.2, 0.25) is 0 Å². The maximum absolute atomic E-state index is 11.9. The number of thiazole rings is 1. The van der Waals surface area contributed by atoms with E-state index in [2.05, 4.69) is 16.0 Å². The van der Waals surface area contributed by atoms with Crippen LogP contribution in [-0.2, 0) is 16.1 Å². The Balaban J connectivity index is 1.66. The number of hydrogen-bond donors (Lipinski definition) is 0. The van der Waals surface area contributed by atoms with Gasteiger partial charge in [0, 0.05) is 0 Å². The summed E-state index contributed by atoms with van der Waals surface area (Å²) in [5, 5.41) is 1.01. The molecule has 0 bridgehead atoms. The van der Waals surface area contributed by atoms with E-state index >= 15 is 0 Å². The van der Waals surface area contributed by atoms with Gasteiger partial charge < -0.3 is 14.4 Å². The van der Waals surface area contributed by atoms with Crippen molar-refractivity contribution in [2.24, 2.45) is 0 Å². The standard InChI is InChI=1S/C18H16N2O3S/c1-22-18(21)15-10-20(13-7-3-4-8-14(13)23-15)11-17-19-12-6-2-5-9-16(12)24-17/h2-9,15H,10-11H2,1H3/t15-/m0/s1. The van der Waals surface area contributed by atoms with Crippen molar-refractivity contribution >= 4 is 33.2 Å². The molecule has 1 atom stereocenters. The van der Waals surface area contributed by atoms with Crippen molar-refractivity contribution < 1.29 is 14.3 Å². The fourth-order valence-corrected chi connectivity index (χ4v) is 3.84. The van der Waals surface area contributed by atoms with Crippen LogP contribution in [0.1, 0.15) is 5.01 Å². The first-order chi connectivity index (χ1) is 11.7. The van der Waals surface area contributed by atoms with Crippen LogP contribution in [0, 0.1) is 0 Å². The molecule has 0 amide bonds. The molecule has 0 radical (unpaired) electrons. The summed E-state index contributed by atoms with van der Waals surface area (Å²) in [5.41, 5.74) is 1.97. The van der Waals surface area contributed by atoms with Gasteiger partial charge in [-0.2, -0.15) is 0 Å². The Morgan fingerprint density at radius 3 is 2.92 bits per heavy atom. The molecule has 122 valence electrons. The van der Waals surface area contributed by atoms with Crippen molar-refractivity contribution in [2.45, 2.75) is 12.6 Å². The number of nitrogens with zero attached hydrogens (tertiary/aromatic N) is 2. The van der Waals surface area contributed by atoms with Crippen LogP contribution >= 0.6 is 11.3 Å². The van der Waals surface area contributed by atoms with E-state index in [-0.39, 0.29) is 5.97 Å². The van der Waals surface area contributed by atoms with E-state index in [1.807, 2.05) is 42.5 Å². The van der Waals surface area contributed by atoms with Gasteiger partial charge in [0.25, 0.3) is 0 Å². The normalized spacial score (nSPS) is 16.5. The van der Waals surface area contributed by atoms with Crippen molar-refractivity contribution in [1.29, 1.82) is 0 Å². The Morgan fingerprint density at radius 2 is 2.08 bits per heavy atom. The van der Waals surface area contributed by atoms with Crippen molar-refractivity contribution in [3.63, 3.8) is 0 Å². The fourth-order valence-electron chi connectivity index (χ4n) is 2.86. The van der Waals surface area contributed by atoms with E-state index in [1.54, 1.807) is 11.3 Å². The third-order valence-corrected chi connectivity index (χ3v) is 5.01. The Kier molecular flexibility index (Phi) is 3.82. The Morgan fingerprint density at radius 1 is 1.29 bits per heavy atom. The van der Waals surface area contributed by atoms with Gasteiger partial charge in [-0.05, 0) is 24.3 Å². The average molecular weight is 340 g/mol. The molecule has 0 fully saturated rings. The van der Waals surface area contributed by atoms with Crippen LogP contribution in [-0.4, -0.2) is 30.7 Å². The topological polar surface area (TPSA) is 51.7 Å². The SMILES string of the molecule is COC(=O)[C@@H]1CN(Cc2nc3ccccc3s2)c2ccccc2O1. The minimum atomic E-state index is -0.626. The summed E-state index contributed by atoms with van der Waals surface area (Å²) in [6.45, 7) is 1.08. The Hall–Kier alpha value is -2.60. The van der Waals surface area contributed by atoms with Gasteiger partial charge in [0.05, 0.1) is 36.1 Å². The zero-order valence-corrected chi connectivity index (χ0v) is 14.0. The molecule has 0 N–H and O–H groups in total. The number of hydrogen-bond acceptors (Lipinski definition) is 6. The third-order valence-electron chi connectivity index (χ3n) is 3.99. The van der Waals surface area contributed by atoms with Gasteiger partial charge in [-0.25, -0.2) is 9.78 Å². The molecular weight excluding hydrogens is 324 g/mol. The predicted molar refractivity (Wildman–Crippen MR) is 93.5 cm³/mol. The van der Waals surface area contributed by atoms with Crippen LogP contribution in [0.25, 0.3) is 10.2 Å². The molecule has 24 heavy (non-hydrogen) atoms. The number of rotatable bonds is 3. The number of ether oxygens (including phenoxy) is 2. The van der Waals surface area contributed by atoms with Gasteiger partial charge in [0.2, 0.25) is 6.10 Å². The van der Waals surface area contributed by atoms with Crippen molar-refractivity contribution in [1.82, 2.24) is 4.98 Å². The molecule has 1 aromatic heterocycles. The molecule has 0 saturated heterocycles. The summed E-state index contributed by atoms with van der Waals surface area (Å²) < 4.78 is 11.8. The highest BCUT2D eigenvalue weighted by Crippen LogP contribution is 2.35. The number of fused-ring (bicyclic) bond motifs is 2. The van der Waals surface area contributed by atoms with Crippen molar-refractivity contribution in [3.05, 3.63) is 53.5 Å². The van der Waals surface area contributed by atoms with E-state index in [0.29, 0.717) is 18.8 Å². The minimum Gasteiger partial charge on any atom is -0.475 e. The van der Waals surface area contributed by atoms with E-state index in [1.165, 1.54) is 11.8 Å². The lowest BCUT2D eigenvalue weighted by Gasteiger charge is -2.34. The van der Waals surface area contributed by atoms with Crippen LogP contribution in [0.15, 0.2) is 48.5 Å². The minimum absolute atomic E-state index is 0.362. The highest BCUT2D eigenvalue weighted by atomic mass is 32.1. The van der Waals surface area contributed by atoms with Crippen molar-refractivity contribution in [2.75, 3.05) is 18.6 Å². The number of esters is 1. The molecule has 2 heterocycles. The largest absolute Gasteiger partial charge is 0.475 e. The summed E-state index contributed by atoms with van der Waals surface area (Å²) in [6, 6.07) is 15.8. The molecule has 4 rings (SSSR count). The smallest absolute Gasteiger partial charge is 0.348 e. The van der Waals surface area contributed by atoms with Gasteiger partial charge in [-0.15, -0.1) is 11.3 Å². The van der Waals surface area contributed by atoms with Gasteiger partial charge in [0.15, 0.2) is 0 Å². The van der Waals surface area contributed by atoms with Crippen molar-refractivity contribution in [3.8, 4) is 5.75 Å². The molecule has 0 saturated carbocycles. The lowest BCUT2D eigenvalue weighted by atomic mass is 10.2. The second kappa shape index (κ2) is 6.13. The van der Waals surface area contributed by atoms with E-state index in [9.17, 15) is 4.79 Å². The van der Waals surface area contributed by atoms with Gasteiger partial charge >= 0.3 is 5.97 Å². The van der Waals surface area contributed by atoms with Crippen LogP contribution < -0.4 is 9.64 Å². The second-order valence-corrected chi connectivity index (χ2v) is 6.67. The zero-order chi connectivity index (χ0) is 16.5. The van der Waals surface area contributed by atoms with Crippen LogP contribution in [0.4, 0.5) is 5.69 Å². The average Bonchev–Trinajstić information content (AvgIpc) is 3.03. The monoisotopic (exact) mass is 340 g/mol. The molecule has 3 aromatic rings. The predicted octanol–water partition coefficient (Wildman–Crippen LogP) is 3.24. The lowest BCUT2D eigenvalue weighted by molar-refractivity contribution is -0.148. The third kappa shape index (κ3) is 2.69. The quantitative estimate of drug-likeness (QED) is 0.685. The maximum Gasteiger partial charge on any atom is 0.348 e. The fraction of sp³-hybridized carbons (Fsp3) is 0.222. The summed E-state index contributed by atoms with van der Waals surface area (Å²) in [7, 11) is 1.38. The van der Waals surface area contributed by atoms with Crippen LogP contribution in [0.5, 0.6) is 5.75 Å². The molecule has 1 aliphatic rings. The summed E-state index contributed by atoms with van der Waals surface area (Å²) in [4.78, 5) is 18.7. The van der Waals surface area contributed by atoms with Gasteiger partial charge in [-0.1, -0.05) is 24.3 Å². The molecule has 5 nitrogen and oxygen atoms in total. The second-order valence-electron chi connectivity index (χ2n) is 5.55. The summed E-state index contributed by atoms with van der Waals surface area (Å²) in [6.07, 6.45) is -0.626. The number of carbonyl (C=O) groups excluding carboxylic acids is 1. The number of methoxy groups -OCH3 is 1. The highest BCUT2D eigenvalue weighted by molar-refractivity contribution is 7.18. The lowest BCUT2D eigenvalue weighted by Crippen LogP contribution is -2.44. The molecular formula is C18H16N2O3S. The zero-order valence-electron chi connectivity index (χ0n) is 13.1. The number of anilines is 1. The van der Waals surface area contributed by atoms with Gasteiger partial charge in [-0.3, -0.25) is 0 Å². The van der Waals surface area contributed by atoms with Gasteiger partial charge in [0.1, 0.15) is 10.8 Å². The first kappa shape index (κ1) is 15.0. The first-order valence-electron chi connectivity index (χ1n) is 7.67. The Bertz CT molecular complexity index is 860. The molecule has 6 heteroatoms. The number of benzene rings is 2. The summed E-state index contributed by atoms with van der Waals surface area (Å²) >= 11 is 1.67. The van der Waals surface area contributed by atoms with E-state index in [0.717, 1.165) is 16.2 Å². The molecule has 0 unspecified atom stereocenters. The Labute approximate surface area is 143 Å².